The van der Waals surface area contributed by atoms with E-state index in [0.717, 1.165) is 12.8 Å². The number of nitriles is 1. The Balaban J connectivity index is 2.36. The zero-order chi connectivity index (χ0) is 9.36. The van der Waals surface area contributed by atoms with Gasteiger partial charge in [0, 0.05) is 6.08 Å². The van der Waals surface area contributed by atoms with Crippen LogP contribution in [0.3, 0.4) is 0 Å². The number of allylic oxidation sites excluding steroid dienone is 2. The van der Waals surface area contributed by atoms with E-state index in [4.69, 9.17) is 5.26 Å². The smallest absolute Gasteiger partial charge is 0.0911 e. The third kappa shape index (κ3) is 4.72. The van der Waals surface area contributed by atoms with Crippen molar-refractivity contribution in [2.45, 2.75) is 57.8 Å². The fourth-order valence-corrected chi connectivity index (χ4v) is 1.95. The van der Waals surface area contributed by atoms with Crippen LogP contribution >= 0.6 is 0 Å². The summed E-state index contributed by atoms with van der Waals surface area (Å²) >= 11 is 0. The molecular formula is C12H19N. The van der Waals surface area contributed by atoms with Crippen molar-refractivity contribution < 1.29 is 0 Å². The summed E-state index contributed by atoms with van der Waals surface area (Å²) in [5.41, 5.74) is 1.38. The Kier molecular flexibility index (Phi) is 5.33. The summed E-state index contributed by atoms with van der Waals surface area (Å²) < 4.78 is 0. The molecule has 0 heterocycles. The highest BCUT2D eigenvalue weighted by Crippen LogP contribution is 2.20. The Morgan fingerprint density at radius 2 is 1.31 bits per heavy atom. The standard InChI is InChI=1S/C12H19N/c13-11-10-12-8-6-4-2-1-3-5-7-9-12/h10H,1-9H2. The van der Waals surface area contributed by atoms with Crippen LogP contribution in [0.5, 0.6) is 0 Å². The minimum Gasteiger partial charge on any atom is -0.193 e. The Hall–Kier alpha value is -0.770. The minimum absolute atomic E-state index is 1.16. The molecule has 0 bridgehead atoms. The summed E-state index contributed by atoms with van der Waals surface area (Å²) in [6.07, 6.45) is 13.5. The van der Waals surface area contributed by atoms with E-state index in [9.17, 15) is 0 Å². The Bertz CT molecular complexity index is 186. The first-order valence-electron chi connectivity index (χ1n) is 5.51. The highest BCUT2D eigenvalue weighted by atomic mass is 14.2. The van der Waals surface area contributed by atoms with E-state index in [1.54, 1.807) is 6.08 Å². The van der Waals surface area contributed by atoms with Crippen LogP contribution in [0.25, 0.3) is 0 Å². The van der Waals surface area contributed by atoms with Crippen LogP contribution in [0.2, 0.25) is 0 Å². The molecule has 1 heteroatoms. The van der Waals surface area contributed by atoms with Gasteiger partial charge in [0.2, 0.25) is 0 Å². The third-order valence-electron chi connectivity index (χ3n) is 2.76. The Morgan fingerprint density at radius 1 is 0.846 bits per heavy atom. The largest absolute Gasteiger partial charge is 0.193 e. The number of nitrogens with zero attached hydrogens (tertiary/aromatic N) is 1. The highest BCUT2D eigenvalue weighted by Gasteiger charge is 2.01. The van der Waals surface area contributed by atoms with E-state index >= 15 is 0 Å². The van der Waals surface area contributed by atoms with E-state index in [0.29, 0.717) is 0 Å². The molecule has 0 atom stereocenters. The highest BCUT2D eigenvalue weighted by molar-refractivity contribution is 5.13. The molecule has 0 unspecified atom stereocenters. The van der Waals surface area contributed by atoms with Gasteiger partial charge in [-0.15, -0.1) is 0 Å². The first-order valence-corrected chi connectivity index (χ1v) is 5.51. The second-order valence-electron chi connectivity index (χ2n) is 3.91. The molecule has 1 fully saturated rings. The molecule has 0 aromatic heterocycles. The lowest BCUT2D eigenvalue weighted by Crippen LogP contribution is -1.90. The average molecular weight is 177 g/mol. The summed E-state index contributed by atoms with van der Waals surface area (Å²) in [6, 6.07) is 2.16. The van der Waals surface area contributed by atoms with Crippen molar-refractivity contribution in [1.29, 1.82) is 5.26 Å². The minimum atomic E-state index is 1.16. The molecule has 0 aromatic carbocycles. The molecular weight excluding hydrogens is 158 g/mol. The zero-order valence-corrected chi connectivity index (χ0v) is 8.39. The van der Waals surface area contributed by atoms with Crippen molar-refractivity contribution in [3.8, 4) is 6.07 Å². The van der Waals surface area contributed by atoms with E-state index in [1.807, 2.05) is 0 Å². The fourth-order valence-electron chi connectivity index (χ4n) is 1.95. The van der Waals surface area contributed by atoms with Crippen LogP contribution in [0.4, 0.5) is 0 Å². The molecule has 0 spiro atoms. The average Bonchev–Trinajstić information content (AvgIpc) is 2.16. The summed E-state index contributed by atoms with van der Waals surface area (Å²) in [6.45, 7) is 0. The first-order chi connectivity index (χ1) is 6.43. The lowest BCUT2D eigenvalue weighted by Gasteiger charge is -2.09. The normalized spacial score (nSPS) is 20.4. The van der Waals surface area contributed by atoms with E-state index < -0.39 is 0 Å². The molecule has 1 aliphatic carbocycles. The fraction of sp³-hybridized carbons (Fsp3) is 0.750. The lowest BCUT2D eigenvalue weighted by atomic mass is 9.97. The molecule has 0 aliphatic heterocycles. The molecule has 0 saturated heterocycles. The predicted molar refractivity (Wildman–Crippen MR) is 55.2 cm³/mol. The topological polar surface area (TPSA) is 23.8 Å². The van der Waals surface area contributed by atoms with Crippen molar-refractivity contribution in [2.75, 3.05) is 0 Å². The predicted octanol–water partition coefficient (Wildman–Crippen LogP) is 3.96. The quantitative estimate of drug-likeness (QED) is 0.514. The van der Waals surface area contributed by atoms with Crippen molar-refractivity contribution in [2.24, 2.45) is 0 Å². The summed E-state index contributed by atoms with van der Waals surface area (Å²) in [4.78, 5) is 0. The second kappa shape index (κ2) is 6.71. The molecule has 0 N–H and O–H groups in total. The van der Waals surface area contributed by atoms with Crippen molar-refractivity contribution in [3.63, 3.8) is 0 Å². The Morgan fingerprint density at radius 3 is 1.77 bits per heavy atom. The number of rotatable bonds is 0. The van der Waals surface area contributed by atoms with Gasteiger partial charge in [0.15, 0.2) is 0 Å². The molecule has 1 rings (SSSR count). The van der Waals surface area contributed by atoms with Crippen LogP contribution in [0.15, 0.2) is 11.6 Å². The van der Waals surface area contributed by atoms with Crippen LogP contribution in [-0.2, 0) is 0 Å². The van der Waals surface area contributed by atoms with E-state index in [-0.39, 0.29) is 0 Å². The molecule has 0 aromatic rings. The van der Waals surface area contributed by atoms with E-state index in [1.165, 1.54) is 50.5 Å². The van der Waals surface area contributed by atoms with Gasteiger partial charge in [-0.3, -0.25) is 0 Å². The molecule has 72 valence electrons. The number of hydrogen-bond donors (Lipinski definition) is 0. The maximum absolute atomic E-state index is 8.58. The van der Waals surface area contributed by atoms with Gasteiger partial charge in [-0.1, -0.05) is 37.7 Å². The van der Waals surface area contributed by atoms with Gasteiger partial charge in [-0.2, -0.15) is 5.26 Å². The van der Waals surface area contributed by atoms with Gasteiger partial charge in [-0.05, 0) is 25.7 Å². The van der Waals surface area contributed by atoms with Gasteiger partial charge in [0.25, 0.3) is 0 Å². The van der Waals surface area contributed by atoms with Crippen LogP contribution < -0.4 is 0 Å². The molecule has 1 nitrogen and oxygen atoms in total. The molecule has 13 heavy (non-hydrogen) atoms. The maximum Gasteiger partial charge on any atom is 0.0911 e. The maximum atomic E-state index is 8.58. The van der Waals surface area contributed by atoms with E-state index in [2.05, 4.69) is 6.07 Å². The van der Waals surface area contributed by atoms with Gasteiger partial charge in [-0.25, -0.2) is 0 Å². The third-order valence-corrected chi connectivity index (χ3v) is 2.76. The van der Waals surface area contributed by atoms with Crippen LogP contribution in [-0.4, -0.2) is 0 Å². The number of hydrogen-bond acceptors (Lipinski definition) is 1. The van der Waals surface area contributed by atoms with Crippen molar-refractivity contribution in [3.05, 3.63) is 11.6 Å². The Labute approximate surface area is 81.5 Å². The van der Waals surface area contributed by atoms with Gasteiger partial charge >= 0.3 is 0 Å². The van der Waals surface area contributed by atoms with Gasteiger partial charge < -0.3 is 0 Å². The van der Waals surface area contributed by atoms with Crippen molar-refractivity contribution >= 4 is 0 Å². The van der Waals surface area contributed by atoms with Crippen molar-refractivity contribution in [1.82, 2.24) is 0 Å². The first kappa shape index (κ1) is 10.3. The van der Waals surface area contributed by atoms with Gasteiger partial charge in [0.1, 0.15) is 0 Å². The zero-order valence-electron chi connectivity index (χ0n) is 8.39. The van der Waals surface area contributed by atoms with Crippen LogP contribution in [0, 0.1) is 11.3 Å². The molecule has 0 amide bonds. The molecule has 0 radical (unpaired) electrons. The summed E-state index contributed by atoms with van der Waals surface area (Å²) in [7, 11) is 0. The SMILES string of the molecule is N#CC=C1CCCCCCCCC1. The second-order valence-corrected chi connectivity index (χ2v) is 3.91. The lowest BCUT2D eigenvalue weighted by molar-refractivity contribution is 0.551. The molecule has 1 aliphatic rings. The molecule has 1 saturated carbocycles. The summed E-state index contributed by atoms with van der Waals surface area (Å²) in [5.74, 6) is 0. The summed E-state index contributed by atoms with van der Waals surface area (Å²) in [5, 5.41) is 8.58. The van der Waals surface area contributed by atoms with Crippen LogP contribution in [0.1, 0.15) is 57.8 Å². The van der Waals surface area contributed by atoms with Gasteiger partial charge in [0.05, 0.1) is 6.07 Å². The monoisotopic (exact) mass is 177 g/mol.